The number of anilines is 1. The first-order valence-corrected chi connectivity index (χ1v) is 10.5. The Bertz CT molecular complexity index is 1330. The van der Waals surface area contributed by atoms with Gasteiger partial charge in [-0.25, -0.2) is 9.18 Å². The van der Waals surface area contributed by atoms with Crippen molar-refractivity contribution in [3.63, 3.8) is 0 Å². The van der Waals surface area contributed by atoms with E-state index in [4.69, 9.17) is 9.84 Å². The van der Waals surface area contributed by atoms with Gasteiger partial charge in [-0.1, -0.05) is 0 Å². The lowest BCUT2D eigenvalue weighted by Crippen LogP contribution is -2.28. The molecule has 1 aliphatic rings. The Balaban J connectivity index is 1.43. The monoisotopic (exact) mass is 463 g/mol. The van der Waals surface area contributed by atoms with Gasteiger partial charge in [0, 0.05) is 22.6 Å². The van der Waals surface area contributed by atoms with Crippen LogP contribution in [0.1, 0.15) is 43.2 Å². The number of rotatable bonds is 7. The van der Waals surface area contributed by atoms with E-state index in [1.807, 2.05) is 0 Å². The van der Waals surface area contributed by atoms with Crippen LogP contribution in [0.4, 0.5) is 10.1 Å². The summed E-state index contributed by atoms with van der Waals surface area (Å²) in [5.41, 5.74) is 3.80. The van der Waals surface area contributed by atoms with Crippen molar-refractivity contribution in [1.29, 1.82) is 0 Å². The van der Waals surface area contributed by atoms with Gasteiger partial charge in [0.25, 0.3) is 11.8 Å². The molecule has 0 spiro atoms. The Morgan fingerprint density at radius 1 is 1.15 bits per heavy atom. The van der Waals surface area contributed by atoms with Crippen LogP contribution in [0, 0.1) is 19.7 Å². The minimum absolute atomic E-state index is 0.161. The summed E-state index contributed by atoms with van der Waals surface area (Å²) in [6.45, 7) is 3.95. The number of H-pyrrole nitrogens is 1. The van der Waals surface area contributed by atoms with Gasteiger partial charge in [0.15, 0.2) is 0 Å². The Kier molecular flexibility index (Phi) is 6.18. The molecule has 0 fully saturated rings. The molecule has 0 aliphatic carbocycles. The van der Waals surface area contributed by atoms with Gasteiger partial charge in [0.2, 0.25) is 0 Å². The molecule has 4 N–H and O–H groups in total. The van der Waals surface area contributed by atoms with Gasteiger partial charge in [-0.2, -0.15) is 0 Å². The lowest BCUT2D eigenvalue weighted by molar-refractivity contribution is -0.110. The van der Waals surface area contributed by atoms with Crippen LogP contribution in [-0.2, 0) is 4.79 Å². The molecule has 9 heteroatoms. The van der Waals surface area contributed by atoms with Crippen LogP contribution in [0.15, 0.2) is 42.5 Å². The number of aromatic nitrogens is 1. The fourth-order valence-electron chi connectivity index (χ4n) is 3.82. The van der Waals surface area contributed by atoms with Crippen molar-refractivity contribution >= 4 is 35.1 Å². The van der Waals surface area contributed by atoms with Crippen molar-refractivity contribution in [2.75, 3.05) is 18.5 Å². The number of amides is 2. The number of aromatic carboxylic acids is 1. The standard InChI is InChI=1S/C25H22FN3O5/c1-13-21(12-19-18-11-16(26)5-8-20(18)29-23(19)30)28-14(2)22(13)24(31)27-9-10-34-17-6-3-15(4-7-17)25(32)33/h3-8,11-12,28H,9-10H2,1-2H3,(H,27,31)(H,29,30)(H,32,33). The highest BCUT2D eigenvalue weighted by Gasteiger charge is 2.26. The summed E-state index contributed by atoms with van der Waals surface area (Å²) in [7, 11) is 0. The van der Waals surface area contributed by atoms with Crippen LogP contribution in [0.2, 0.25) is 0 Å². The van der Waals surface area contributed by atoms with E-state index in [-0.39, 0.29) is 30.5 Å². The first-order chi connectivity index (χ1) is 16.2. The van der Waals surface area contributed by atoms with E-state index in [0.717, 1.165) is 0 Å². The molecule has 1 aliphatic heterocycles. The molecule has 0 atom stereocenters. The Morgan fingerprint density at radius 3 is 2.59 bits per heavy atom. The van der Waals surface area contributed by atoms with Crippen molar-refractivity contribution < 1.29 is 28.6 Å². The van der Waals surface area contributed by atoms with E-state index in [1.54, 1.807) is 32.1 Å². The van der Waals surface area contributed by atoms with E-state index in [0.29, 0.717) is 45.1 Å². The highest BCUT2D eigenvalue weighted by Crippen LogP contribution is 2.34. The number of carbonyl (C=O) groups excluding carboxylic acids is 2. The van der Waals surface area contributed by atoms with Crippen molar-refractivity contribution in [2.24, 2.45) is 0 Å². The Hall–Kier alpha value is -4.40. The predicted molar refractivity (Wildman–Crippen MR) is 124 cm³/mol. The summed E-state index contributed by atoms with van der Waals surface area (Å²) < 4.78 is 19.2. The smallest absolute Gasteiger partial charge is 0.335 e. The van der Waals surface area contributed by atoms with Gasteiger partial charge in [-0.3, -0.25) is 9.59 Å². The molecule has 2 aromatic carbocycles. The molecule has 1 aromatic heterocycles. The normalized spacial score (nSPS) is 13.5. The molecule has 0 saturated carbocycles. The fourth-order valence-corrected chi connectivity index (χ4v) is 3.82. The number of carboxylic acids is 1. The van der Waals surface area contributed by atoms with Crippen LogP contribution >= 0.6 is 0 Å². The number of ether oxygens (including phenoxy) is 1. The summed E-state index contributed by atoms with van der Waals surface area (Å²) in [5, 5.41) is 14.4. The highest BCUT2D eigenvalue weighted by molar-refractivity contribution is 6.34. The number of hydrogen-bond donors (Lipinski definition) is 4. The second-order valence-corrected chi connectivity index (χ2v) is 7.80. The van der Waals surface area contributed by atoms with E-state index in [1.165, 1.54) is 30.3 Å². The van der Waals surface area contributed by atoms with Crippen LogP contribution < -0.4 is 15.4 Å². The predicted octanol–water partition coefficient (Wildman–Crippen LogP) is 3.77. The molecule has 8 nitrogen and oxygen atoms in total. The molecule has 174 valence electrons. The third kappa shape index (κ3) is 4.54. The summed E-state index contributed by atoms with van der Waals surface area (Å²) >= 11 is 0. The maximum Gasteiger partial charge on any atom is 0.335 e. The second kappa shape index (κ2) is 9.22. The molecule has 4 rings (SSSR count). The summed E-state index contributed by atoms with van der Waals surface area (Å²) in [6, 6.07) is 10.1. The van der Waals surface area contributed by atoms with Crippen molar-refractivity contribution in [3.8, 4) is 5.75 Å². The zero-order valence-electron chi connectivity index (χ0n) is 18.5. The lowest BCUT2D eigenvalue weighted by atomic mass is 10.0. The average Bonchev–Trinajstić information content (AvgIpc) is 3.26. The number of aryl methyl sites for hydroxylation is 1. The van der Waals surface area contributed by atoms with Gasteiger partial charge in [0.1, 0.15) is 18.2 Å². The number of carboxylic acid groups (broad SMARTS) is 1. The van der Waals surface area contributed by atoms with E-state index in [9.17, 15) is 18.8 Å². The van der Waals surface area contributed by atoms with Gasteiger partial charge < -0.3 is 25.5 Å². The first kappa shape index (κ1) is 22.8. The SMILES string of the molecule is Cc1[nH]c(C=C2C(=O)Nc3ccc(F)cc32)c(C)c1C(=O)NCCOc1ccc(C(=O)O)cc1. The van der Waals surface area contributed by atoms with Crippen LogP contribution in [0.25, 0.3) is 11.6 Å². The van der Waals surface area contributed by atoms with Gasteiger partial charge in [-0.05, 0) is 68.0 Å². The Labute approximate surface area is 194 Å². The Morgan fingerprint density at radius 2 is 1.88 bits per heavy atom. The van der Waals surface area contributed by atoms with E-state index >= 15 is 0 Å². The molecule has 0 radical (unpaired) electrons. The van der Waals surface area contributed by atoms with Crippen LogP contribution in [-0.4, -0.2) is 41.0 Å². The maximum absolute atomic E-state index is 13.7. The third-order valence-corrected chi connectivity index (χ3v) is 5.51. The molecule has 2 heterocycles. The topological polar surface area (TPSA) is 121 Å². The first-order valence-electron chi connectivity index (χ1n) is 10.5. The van der Waals surface area contributed by atoms with Crippen LogP contribution in [0.3, 0.4) is 0 Å². The van der Waals surface area contributed by atoms with Crippen molar-refractivity contribution in [3.05, 3.63) is 81.9 Å². The summed E-state index contributed by atoms with van der Waals surface area (Å²) in [5.74, 6) is -1.61. The number of aromatic amines is 1. The molecule has 34 heavy (non-hydrogen) atoms. The number of nitrogens with one attached hydrogen (secondary N) is 3. The molecular formula is C25H22FN3O5. The lowest BCUT2D eigenvalue weighted by Gasteiger charge is -2.08. The van der Waals surface area contributed by atoms with Crippen molar-refractivity contribution in [2.45, 2.75) is 13.8 Å². The van der Waals surface area contributed by atoms with Gasteiger partial charge >= 0.3 is 5.97 Å². The zero-order chi connectivity index (χ0) is 24.4. The minimum Gasteiger partial charge on any atom is -0.492 e. The molecule has 2 amide bonds. The van der Waals surface area contributed by atoms with Gasteiger partial charge in [0.05, 0.1) is 23.2 Å². The number of benzene rings is 2. The molecule has 0 saturated heterocycles. The third-order valence-electron chi connectivity index (χ3n) is 5.51. The molecular weight excluding hydrogens is 441 g/mol. The van der Waals surface area contributed by atoms with E-state index in [2.05, 4.69) is 15.6 Å². The van der Waals surface area contributed by atoms with Gasteiger partial charge in [-0.15, -0.1) is 0 Å². The van der Waals surface area contributed by atoms with E-state index < -0.39 is 11.8 Å². The number of hydrogen-bond acceptors (Lipinski definition) is 4. The second-order valence-electron chi connectivity index (χ2n) is 7.80. The molecule has 0 unspecified atom stereocenters. The average molecular weight is 463 g/mol. The number of halogens is 1. The minimum atomic E-state index is -1.02. The molecule has 3 aromatic rings. The summed E-state index contributed by atoms with van der Waals surface area (Å²) in [4.78, 5) is 39.2. The van der Waals surface area contributed by atoms with Crippen LogP contribution in [0.5, 0.6) is 5.75 Å². The molecule has 0 bridgehead atoms. The maximum atomic E-state index is 13.7. The quantitative estimate of drug-likeness (QED) is 0.314. The fraction of sp³-hybridized carbons (Fsp3) is 0.160. The highest BCUT2D eigenvalue weighted by atomic mass is 19.1. The van der Waals surface area contributed by atoms with Crippen molar-refractivity contribution in [1.82, 2.24) is 10.3 Å². The number of fused-ring (bicyclic) bond motifs is 1. The summed E-state index contributed by atoms with van der Waals surface area (Å²) in [6.07, 6.45) is 1.61. The largest absolute Gasteiger partial charge is 0.492 e. The zero-order valence-corrected chi connectivity index (χ0v) is 18.5. The number of carbonyl (C=O) groups is 3.